The van der Waals surface area contributed by atoms with Crippen LogP contribution in [0.2, 0.25) is 0 Å². The van der Waals surface area contributed by atoms with E-state index in [1.165, 1.54) is 6.07 Å². The van der Waals surface area contributed by atoms with Gasteiger partial charge in [-0.2, -0.15) is 0 Å². The third-order valence-corrected chi connectivity index (χ3v) is 3.70. The molecular formula is C16H22N4O6. The zero-order chi connectivity index (χ0) is 19.1. The summed E-state index contributed by atoms with van der Waals surface area (Å²) in [6.45, 7) is 3.38. The molecule has 10 heteroatoms. The van der Waals surface area contributed by atoms with Gasteiger partial charge in [-0.3, -0.25) is 9.89 Å². The van der Waals surface area contributed by atoms with Crippen molar-refractivity contribution in [1.29, 1.82) is 0 Å². The lowest BCUT2D eigenvalue weighted by Crippen LogP contribution is -2.36. The van der Waals surface area contributed by atoms with Crippen LogP contribution in [0.4, 0.5) is 0 Å². The van der Waals surface area contributed by atoms with Crippen LogP contribution in [0.5, 0.6) is 5.88 Å². The van der Waals surface area contributed by atoms with E-state index in [0.29, 0.717) is 5.76 Å². The molecule has 0 spiro atoms. The summed E-state index contributed by atoms with van der Waals surface area (Å²) < 4.78 is 15.6. The second-order valence-corrected chi connectivity index (χ2v) is 5.65. The van der Waals surface area contributed by atoms with Gasteiger partial charge in [0.1, 0.15) is 18.1 Å². The smallest absolute Gasteiger partial charge is 0.357 e. The van der Waals surface area contributed by atoms with Gasteiger partial charge in [0.15, 0.2) is 0 Å². The molecule has 0 radical (unpaired) electrons. The van der Waals surface area contributed by atoms with Crippen molar-refractivity contribution in [3.8, 4) is 5.88 Å². The van der Waals surface area contributed by atoms with Crippen molar-refractivity contribution in [1.82, 2.24) is 15.4 Å². The quantitative estimate of drug-likeness (QED) is 0.517. The summed E-state index contributed by atoms with van der Waals surface area (Å²) >= 11 is 0. The van der Waals surface area contributed by atoms with Gasteiger partial charge in [0.2, 0.25) is 12.0 Å². The Bertz CT molecular complexity index is 754. The van der Waals surface area contributed by atoms with Crippen molar-refractivity contribution in [3.63, 3.8) is 0 Å². The van der Waals surface area contributed by atoms with Crippen molar-refractivity contribution in [2.24, 2.45) is 5.73 Å². The summed E-state index contributed by atoms with van der Waals surface area (Å²) in [5.74, 6) is -0.994. The fourth-order valence-electron chi connectivity index (χ4n) is 2.17. The highest BCUT2D eigenvalue weighted by Crippen LogP contribution is 2.19. The van der Waals surface area contributed by atoms with Gasteiger partial charge in [-0.1, -0.05) is 18.5 Å². The first-order chi connectivity index (χ1) is 12.5. The maximum absolute atomic E-state index is 11.9. The highest BCUT2D eigenvalue weighted by Gasteiger charge is 2.22. The second kappa shape index (κ2) is 8.99. The van der Waals surface area contributed by atoms with Crippen LogP contribution in [-0.4, -0.2) is 45.0 Å². The molecule has 0 aromatic carbocycles. The number of ether oxygens (including phenoxy) is 2. The molecule has 2 aromatic rings. The van der Waals surface area contributed by atoms with Crippen molar-refractivity contribution in [2.45, 2.75) is 45.8 Å². The number of hydrogen-bond acceptors (Lipinski definition) is 8. The number of rotatable bonds is 10. The van der Waals surface area contributed by atoms with Gasteiger partial charge in [-0.15, -0.1) is 5.10 Å². The highest BCUT2D eigenvalue weighted by molar-refractivity contribution is 5.90. The molecule has 4 N–H and O–H groups in total. The van der Waals surface area contributed by atoms with Crippen molar-refractivity contribution >= 4 is 11.9 Å². The van der Waals surface area contributed by atoms with Crippen molar-refractivity contribution in [2.75, 3.05) is 6.61 Å². The minimum Gasteiger partial charge on any atom is -0.472 e. The number of unbranched alkanes of at least 4 members (excludes halogenated alkanes) is 1. The largest absolute Gasteiger partial charge is 0.472 e. The molecule has 0 saturated carbocycles. The predicted molar refractivity (Wildman–Crippen MR) is 88.3 cm³/mol. The van der Waals surface area contributed by atoms with Crippen LogP contribution in [0.15, 0.2) is 10.6 Å². The van der Waals surface area contributed by atoms with E-state index in [4.69, 9.17) is 24.8 Å². The first kappa shape index (κ1) is 19.4. The van der Waals surface area contributed by atoms with Crippen molar-refractivity contribution < 1.29 is 28.7 Å². The van der Waals surface area contributed by atoms with E-state index in [-0.39, 0.29) is 18.2 Å². The first-order valence-electron chi connectivity index (χ1n) is 8.19. The second-order valence-electron chi connectivity index (χ2n) is 5.65. The van der Waals surface area contributed by atoms with Crippen LogP contribution in [0, 0.1) is 6.92 Å². The summed E-state index contributed by atoms with van der Waals surface area (Å²) in [5, 5.41) is 19.3. The molecule has 1 atom stereocenters. The van der Waals surface area contributed by atoms with E-state index >= 15 is 0 Å². The summed E-state index contributed by atoms with van der Waals surface area (Å²) in [6.07, 6.45) is 1.40. The van der Waals surface area contributed by atoms with Gasteiger partial charge in [0.05, 0.1) is 17.9 Å². The SMILES string of the molecule is CCCCc1noc(C)c1COc1cc(C(=O)OC(CO)C(N)=O)[nH]n1. The lowest BCUT2D eigenvalue weighted by Gasteiger charge is -2.10. The molecule has 2 aromatic heterocycles. The third-order valence-electron chi connectivity index (χ3n) is 3.70. The number of nitrogens with one attached hydrogen (secondary N) is 1. The number of aromatic nitrogens is 3. The number of aliphatic hydroxyl groups excluding tert-OH is 1. The Kier molecular flexibility index (Phi) is 6.73. The number of carbonyl (C=O) groups excluding carboxylic acids is 2. The Morgan fingerprint density at radius 1 is 1.46 bits per heavy atom. The zero-order valence-electron chi connectivity index (χ0n) is 14.7. The molecule has 0 aliphatic rings. The number of aryl methyl sites for hydroxylation is 2. The number of H-pyrrole nitrogens is 1. The summed E-state index contributed by atoms with van der Waals surface area (Å²) in [5.41, 5.74) is 6.65. The van der Waals surface area contributed by atoms with Crippen LogP contribution in [-0.2, 0) is 22.6 Å². The number of primary amides is 1. The van der Waals surface area contributed by atoms with Gasteiger partial charge >= 0.3 is 5.97 Å². The normalized spacial score (nSPS) is 12.0. The lowest BCUT2D eigenvalue weighted by molar-refractivity contribution is -0.128. The highest BCUT2D eigenvalue weighted by atomic mass is 16.6. The molecule has 1 amide bonds. The van der Waals surface area contributed by atoms with Gasteiger partial charge in [-0.25, -0.2) is 4.79 Å². The van der Waals surface area contributed by atoms with Gasteiger partial charge < -0.3 is 24.8 Å². The lowest BCUT2D eigenvalue weighted by atomic mass is 10.1. The number of nitrogens with zero attached hydrogens (tertiary/aromatic N) is 2. The minimum absolute atomic E-state index is 0.0343. The number of hydrogen-bond donors (Lipinski definition) is 3. The Morgan fingerprint density at radius 3 is 2.88 bits per heavy atom. The van der Waals surface area contributed by atoms with Gasteiger partial charge in [0, 0.05) is 6.07 Å². The molecule has 0 bridgehead atoms. The van der Waals surface area contributed by atoms with Gasteiger partial charge in [-0.05, 0) is 19.8 Å². The molecule has 142 valence electrons. The van der Waals surface area contributed by atoms with E-state index in [1.807, 2.05) is 0 Å². The van der Waals surface area contributed by atoms with Crippen LogP contribution >= 0.6 is 0 Å². The predicted octanol–water partition coefficient (Wildman–Crippen LogP) is 0.631. The number of carbonyl (C=O) groups is 2. The molecule has 0 saturated heterocycles. The number of esters is 1. The van der Waals surface area contributed by atoms with Crippen LogP contribution in [0.3, 0.4) is 0 Å². The Balaban J connectivity index is 1.97. The average molecular weight is 366 g/mol. The summed E-state index contributed by atoms with van der Waals surface area (Å²) in [6, 6.07) is 1.33. The van der Waals surface area contributed by atoms with E-state index in [1.54, 1.807) is 6.92 Å². The Hall–Kier alpha value is -2.88. The Labute approximate surface area is 149 Å². The van der Waals surface area contributed by atoms with Crippen molar-refractivity contribution in [3.05, 3.63) is 28.8 Å². The maximum atomic E-state index is 11.9. The number of aliphatic hydroxyl groups is 1. The fraction of sp³-hybridized carbons (Fsp3) is 0.500. The Morgan fingerprint density at radius 2 is 2.23 bits per heavy atom. The molecule has 0 aliphatic carbocycles. The molecule has 26 heavy (non-hydrogen) atoms. The monoisotopic (exact) mass is 366 g/mol. The minimum atomic E-state index is -1.42. The molecule has 0 fully saturated rings. The standard InChI is InChI=1S/C16H22N4O6/c1-3-4-5-11-10(9(2)26-20-11)8-24-14-6-12(18-19-14)16(23)25-13(7-21)15(17)22/h6,13,21H,3-5,7-8H2,1-2H3,(H2,17,22)(H,18,19). The fourth-order valence-corrected chi connectivity index (χ4v) is 2.17. The van der Waals surface area contributed by atoms with E-state index < -0.39 is 24.6 Å². The first-order valence-corrected chi connectivity index (χ1v) is 8.19. The average Bonchev–Trinajstić information content (AvgIpc) is 3.22. The topological polar surface area (TPSA) is 154 Å². The van der Waals surface area contributed by atoms with E-state index in [9.17, 15) is 9.59 Å². The molecule has 2 heterocycles. The molecule has 10 nitrogen and oxygen atoms in total. The third kappa shape index (κ3) is 4.82. The number of aromatic amines is 1. The summed E-state index contributed by atoms with van der Waals surface area (Å²) in [4.78, 5) is 22.9. The van der Waals surface area contributed by atoms with E-state index in [0.717, 1.165) is 30.5 Å². The zero-order valence-corrected chi connectivity index (χ0v) is 14.7. The number of amides is 1. The van der Waals surface area contributed by atoms with Crippen LogP contribution in [0.25, 0.3) is 0 Å². The van der Waals surface area contributed by atoms with Gasteiger partial charge in [0.25, 0.3) is 5.91 Å². The molecule has 0 aliphatic heterocycles. The summed E-state index contributed by atoms with van der Waals surface area (Å²) in [7, 11) is 0. The van der Waals surface area contributed by atoms with E-state index in [2.05, 4.69) is 22.3 Å². The maximum Gasteiger partial charge on any atom is 0.357 e. The van der Waals surface area contributed by atoms with Crippen LogP contribution in [0.1, 0.15) is 47.3 Å². The molecule has 2 rings (SSSR count). The molecule has 1 unspecified atom stereocenters. The molecular weight excluding hydrogens is 344 g/mol. The number of nitrogens with two attached hydrogens (primary N) is 1. The van der Waals surface area contributed by atoms with Crippen LogP contribution < -0.4 is 10.5 Å².